The molecule has 0 unspecified atom stereocenters. The number of aryl methyl sites for hydroxylation is 2. The summed E-state index contributed by atoms with van der Waals surface area (Å²) in [5.41, 5.74) is 2.51. The second kappa shape index (κ2) is 6.45. The number of nitrogens with one attached hydrogen (secondary N) is 1. The second-order valence-electron chi connectivity index (χ2n) is 5.15. The van der Waals surface area contributed by atoms with Gasteiger partial charge in [0, 0.05) is 10.7 Å². The number of rotatable bonds is 4. The normalized spacial score (nSPS) is 10.8. The Balaban J connectivity index is 2.08. The predicted octanol–water partition coefficient (Wildman–Crippen LogP) is 3.81. The van der Waals surface area contributed by atoms with E-state index in [0.29, 0.717) is 21.9 Å². The van der Waals surface area contributed by atoms with Crippen LogP contribution in [-0.4, -0.2) is 27.7 Å². The van der Waals surface area contributed by atoms with E-state index in [1.165, 1.54) is 0 Å². The first kappa shape index (κ1) is 16.2. The number of benzene rings is 1. The van der Waals surface area contributed by atoms with E-state index < -0.39 is 5.97 Å². The Hall–Kier alpha value is -2.67. The van der Waals surface area contributed by atoms with Crippen molar-refractivity contribution in [3.63, 3.8) is 0 Å². The Labute approximate surface area is 143 Å². The number of aromatic nitrogens is 3. The summed E-state index contributed by atoms with van der Waals surface area (Å²) in [6, 6.07) is 5.52. The minimum atomic E-state index is -0.626. The highest BCUT2D eigenvalue weighted by molar-refractivity contribution is 6.31. The molecule has 2 heterocycles. The molecule has 0 radical (unpaired) electrons. The van der Waals surface area contributed by atoms with E-state index in [4.69, 9.17) is 20.9 Å². The fraction of sp³-hybridized carbons (Fsp3) is 0.250. The van der Waals surface area contributed by atoms with Gasteiger partial charge >= 0.3 is 5.97 Å². The number of anilines is 2. The SMILES string of the molecule is CCOC(=O)c1nc(Nc2ccc(C)c(Cl)c2)c2c(C)noc2n1. The highest BCUT2D eigenvalue weighted by Crippen LogP contribution is 2.28. The molecule has 2 aromatic heterocycles. The van der Waals surface area contributed by atoms with Crippen LogP contribution in [-0.2, 0) is 4.74 Å². The monoisotopic (exact) mass is 346 g/mol. The van der Waals surface area contributed by atoms with Gasteiger partial charge in [-0.05, 0) is 38.5 Å². The van der Waals surface area contributed by atoms with Crippen LogP contribution in [0.4, 0.5) is 11.5 Å². The zero-order chi connectivity index (χ0) is 17.3. The fourth-order valence-electron chi connectivity index (χ4n) is 2.17. The molecule has 24 heavy (non-hydrogen) atoms. The lowest BCUT2D eigenvalue weighted by Gasteiger charge is -2.09. The maximum absolute atomic E-state index is 11.9. The summed E-state index contributed by atoms with van der Waals surface area (Å²) >= 11 is 6.15. The highest BCUT2D eigenvalue weighted by atomic mass is 35.5. The molecule has 0 aliphatic carbocycles. The molecular formula is C16H15ClN4O3. The third kappa shape index (κ3) is 3.03. The number of halogens is 1. The number of carbonyl (C=O) groups is 1. The molecular weight excluding hydrogens is 332 g/mol. The molecule has 124 valence electrons. The van der Waals surface area contributed by atoms with E-state index in [2.05, 4.69) is 20.4 Å². The van der Waals surface area contributed by atoms with Gasteiger partial charge in [-0.15, -0.1) is 0 Å². The quantitative estimate of drug-likeness (QED) is 0.718. The summed E-state index contributed by atoms with van der Waals surface area (Å²) < 4.78 is 10.1. The van der Waals surface area contributed by atoms with Crippen LogP contribution in [0.5, 0.6) is 0 Å². The molecule has 1 N–H and O–H groups in total. The third-order valence-electron chi connectivity index (χ3n) is 3.40. The number of carbonyl (C=O) groups excluding carboxylic acids is 1. The van der Waals surface area contributed by atoms with Crippen molar-refractivity contribution in [2.24, 2.45) is 0 Å². The van der Waals surface area contributed by atoms with Crippen molar-refractivity contribution in [3.8, 4) is 0 Å². The van der Waals surface area contributed by atoms with Gasteiger partial charge in [-0.25, -0.2) is 9.78 Å². The highest BCUT2D eigenvalue weighted by Gasteiger charge is 2.20. The lowest BCUT2D eigenvalue weighted by molar-refractivity contribution is 0.0512. The molecule has 0 atom stereocenters. The van der Waals surface area contributed by atoms with Crippen LogP contribution in [0.2, 0.25) is 5.02 Å². The second-order valence-corrected chi connectivity index (χ2v) is 5.56. The molecule has 8 heteroatoms. The van der Waals surface area contributed by atoms with Gasteiger partial charge in [0.1, 0.15) is 11.2 Å². The molecule has 0 spiro atoms. The maximum atomic E-state index is 11.9. The molecule has 0 amide bonds. The first-order valence-electron chi connectivity index (χ1n) is 7.34. The summed E-state index contributed by atoms with van der Waals surface area (Å²) in [4.78, 5) is 20.3. The Bertz CT molecular complexity index is 923. The maximum Gasteiger partial charge on any atom is 0.376 e. The number of fused-ring (bicyclic) bond motifs is 1. The molecule has 3 rings (SSSR count). The minimum absolute atomic E-state index is 0.0961. The van der Waals surface area contributed by atoms with Crippen molar-refractivity contribution in [3.05, 3.63) is 40.3 Å². The third-order valence-corrected chi connectivity index (χ3v) is 3.81. The smallest absolute Gasteiger partial charge is 0.376 e. The average Bonchev–Trinajstić information content (AvgIpc) is 2.93. The van der Waals surface area contributed by atoms with Crippen molar-refractivity contribution in [2.45, 2.75) is 20.8 Å². The first-order valence-corrected chi connectivity index (χ1v) is 7.71. The summed E-state index contributed by atoms with van der Waals surface area (Å²) in [5, 5.41) is 8.24. The van der Waals surface area contributed by atoms with Gasteiger partial charge < -0.3 is 14.6 Å². The van der Waals surface area contributed by atoms with Crippen molar-refractivity contribution in [2.75, 3.05) is 11.9 Å². The molecule has 7 nitrogen and oxygen atoms in total. The Morgan fingerprint density at radius 1 is 1.33 bits per heavy atom. The van der Waals surface area contributed by atoms with Crippen molar-refractivity contribution >= 4 is 40.2 Å². The number of hydrogen-bond acceptors (Lipinski definition) is 7. The topological polar surface area (TPSA) is 90.1 Å². The Kier molecular flexibility index (Phi) is 4.35. The van der Waals surface area contributed by atoms with Crippen LogP contribution in [0.3, 0.4) is 0 Å². The van der Waals surface area contributed by atoms with Crippen LogP contribution in [0, 0.1) is 13.8 Å². The molecule has 0 bridgehead atoms. The molecule has 0 fully saturated rings. The van der Waals surface area contributed by atoms with Gasteiger partial charge in [0.15, 0.2) is 0 Å². The van der Waals surface area contributed by atoms with Crippen molar-refractivity contribution < 1.29 is 14.1 Å². The van der Waals surface area contributed by atoms with Crippen LogP contribution >= 0.6 is 11.6 Å². The van der Waals surface area contributed by atoms with Gasteiger partial charge in [0.05, 0.1) is 12.3 Å². The molecule has 3 aromatic rings. The molecule has 0 saturated carbocycles. The molecule has 0 aliphatic rings. The van der Waals surface area contributed by atoms with Gasteiger partial charge in [-0.2, -0.15) is 4.98 Å². The summed E-state index contributed by atoms with van der Waals surface area (Å²) in [6.07, 6.45) is 0. The lowest BCUT2D eigenvalue weighted by Crippen LogP contribution is -2.11. The summed E-state index contributed by atoms with van der Waals surface area (Å²) in [7, 11) is 0. The van der Waals surface area contributed by atoms with Gasteiger partial charge in [-0.1, -0.05) is 22.8 Å². The van der Waals surface area contributed by atoms with E-state index in [-0.39, 0.29) is 18.1 Å². The van der Waals surface area contributed by atoms with Gasteiger partial charge in [0.25, 0.3) is 5.71 Å². The number of nitrogens with zero attached hydrogens (tertiary/aromatic N) is 3. The summed E-state index contributed by atoms with van der Waals surface area (Å²) in [5.74, 6) is -0.318. The number of hydrogen-bond donors (Lipinski definition) is 1. The standard InChI is InChI=1S/C16H15ClN4O3/c1-4-23-16(22)14-19-13(12-9(3)21-24-15(12)20-14)18-10-6-5-8(2)11(17)7-10/h5-7H,4H2,1-3H3,(H,18,19,20). The zero-order valence-corrected chi connectivity index (χ0v) is 14.1. The van der Waals surface area contributed by atoms with E-state index in [9.17, 15) is 4.79 Å². The Morgan fingerprint density at radius 2 is 2.12 bits per heavy atom. The van der Waals surface area contributed by atoms with Crippen LogP contribution in [0.1, 0.15) is 28.8 Å². The van der Waals surface area contributed by atoms with Crippen molar-refractivity contribution in [1.82, 2.24) is 15.1 Å². The van der Waals surface area contributed by atoms with Gasteiger partial charge in [0.2, 0.25) is 5.82 Å². The largest absolute Gasteiger partial charge is 0.460 e. The fourth-order valence-corrected chi connectivity index (χ4v) is 2.35. The van der Waals surface area contributed by atoms with Crippen LogP contribution in [0.15, 0.2) is 22.7 Å². The zero-order valence-electron chi connectivity index (χ0n) is 13.4. The van der Waals surface area contributed by atoms with E-state index in [1.54, 1.807) is 19.9 Å². The van der Waals surface area contributed by atoms with Crippen LogP contribution < -0.4 is 5.32 Å². The minimum Gasteiger partial charge on any atom is -0.460 e. The molecule has 0 saturated heterocycles. The molecule has 1 aromatic carbocycles. The van der Waals surface area contributed by atoms with Gasteiger partial charge in [-0.3, -0.25) is 0 Å². The van der Waals surface area contributed by atoms with E-state index in [1.807, 2.05) is 19.1 Å². The number of ether oxygens (including phenoxy) is 1. The Morgan fingerprint density at radius 3 is 2.83 bits per heavy atom. The first-order chi connectivity index (χ1) is 11.5. The molecule has 0 aliphatic heterocycles. The average molecular weight is 347 g/mol. The van der Waals surface area contributed by atoms with Crippen LogP contribution in [0.25, 0.3) is 11.1 Å². The number of esters is 1. The van der Waals surface area contributed by atoms with Crippen molar-refractivity contribution in [1.29, 1.82) is 0 Å². The summed E-state index contributed by atoms with van der Waals surface area (Å²) in [6.45, 7) is 5.62. The lowest BCUT2D eigenvalue weighted by atomic mass is 10.2. The predicted molar refractivity (Wildman–Crippen MR) is 89.8 cm³/mol. The van der Waals surface area contributed by atoms with E-state index in [0.717, 1.165) is 11.3 Å². The van der Waals surface area contributed by atoms with E-state index >= 15 is 0 Å².